The molecule has 1 N–H and O–H groups in total. The van der Waals surface area contributed by atoms with Gasteiger partial charge in [-0.3, -0.25) is 0 Å². The molecule has 0 radical (unpaired) electrons. The number of rotatable bonds is 7. The fraction of sp³-hybridized carbons (Fsp3) is 0.429. The van der Waals surface area contributed by atoms with Crippen molar-refractivity contribution < 1.29 is 0 Å². The molecule has 2 heteroatoms. The van der Waals surface area contributed by atoms with Crippen LogP contribution in [0.5, 0.6) is 0 Å². The van der Waals surface area contributed by atoms with Crippen LogP contribution in [0.1, 0.15) is 18.4 Å². The van der Waals surface area contributed by atoms with Crippen LogP contribution in [0.3, 0.4) is 0 Å². The fourth-order valence-corrected chi connectivity index (χ4v) is 2.04. The number of benzene rings is 1. The average molecular weight is 233 g/mol. The van der Waals surface area contributed by atoms with Gasteiger partial charge in [-0.1, -0.05) is 43.2 Å². The van der Waals surface area contributed by atoms with Crippen LogP contribution in [0.2, 0.25) is 0 Å². The molecule has 0 aliphatic heterocycles. The molecule has 0 aromatic heterocycles. The van der Waals surface area contributed by atoms with Crippen molar-refractivity contribution in [2.24, 2.45) is 0 Å². The van der Waals surface area contributed by atoms with E-state index in [0.717, 1.165) is 24.6 Å². The third kappa shape index (κ3) is 5.25. The maximum atomic E-state index is 5.18. The lowest BCUT2D eigenvalue weighted by atomic mass is 10.0. The van der Waals surface area contributed by atoms with Crippen molar-refractivity contribution in [2.45, 2.75) is 12.8 Å². The molecular weight excluding hydrogens is 214 g/mol. The molecule has 16 heavy (non-hydrogen) atoms. The number of hydrogen-bond donors (Lipinski definition) is 1. The predicted octanol–water partition coefficient (Wildman–Crippen LogP) is 2.75. The highest BCUT2D eigenvalue weighted by molar-refractivity contribution is 7.99. The van der Waals surface area contributed by atoms with Gasteiger partial charge in [0.2, 0.25) is 0 Å². The van der Waals surface area contributed by atoms with Crippen LogP contribution in [0, 0.1) is 12.3 Å². The largest absolute Gasteiger partial charge is 0.315 e. The maximum absolute atomic E-state index is 5.18. The Hall–Kier alpha value is -0.910. The van der Waals surface area contributed by atoms with Crippen molar-refractivity contribution >= 4 is 11.8 Å². The van der Waals surface area contributed by atoms with Crippen molar-refractivity contribution in [1.29, 1.82) is 0 Å². The van der Waals surface area contributed by atoms with Crippen LogP contribution >= 0.6 is 11.8 Å². The summed E-state index contributed by atoms with van der Waals surface area (Å²) < 4.78 is 0. The molecule has 0 heterocycles. The van der Waals surface area contributed by atoms with Crippen LogP contribution < -0.4 is 5.32 Å². The van der Waals surface area contributed by atoms with Crippen molar-refractivity contribution in [3.63, 3.8) is 0 Å². The second-order valence-electron chi connectivity index (χ2n) is 3.77. The average Bonchev–Trinajstić information content (AvgIpc) is 2.34. The molecular formula is C14H19NS. The summed E-state index contributed by atoms with van der Waals surface area (Å²) in [5, 5.41) is 3.45. The van der Waals surface area contributed by atoms with E-state index in [1.807, 2.05) is 0 Å². The monoisotopic (exact) mass is 233 g/mol. The summed E-state index contributed by atoms with van der Waals surface area (Å²) in [4.78, 5) is 0. The highest BCUT2D eigenvalue weighted by Gasteiger charge is 2.02. The summed E-state index contributed by atoms with van der Waals surface area (Å²) >= 11 is 1.80. The summed E-state index contributed by atoms with van der Waals surface area (Å²) in [6.45, 7) is 4.31. The van der Waals surface area contributed by atoms with Gasteiger partial charge in [-0.25, -0.2) is 0 Å². The molecule has 1 rings (SSSR count). The van der Waals surface area contributed by atoms with E-state index in [0.29, 0.717) is 5.92 Å². The molecule has 0 amide bonds. The zero-order valence-corrected chi connectivity index (χ0v) is 10.6. The zero-order valence-electron chi connectivity index (χ0n) is 9.78. The first kappa shape index (κ1) is 13.2. The first-order valence-electron chi connectivity index (χ1n) is 5.61. The van der Waals surface area contributed by atoms with E-state index in [2.05, 4.69) is 48.5 Å². The van der Waals surface area contributed by atoms with E-state index in [-0.39, 0.29) is 0 Å². The zero-order chi connectivity index (χ0) is 11.6. The van der Waals surface area contributed by atoms with E-state index in [9.17, 15) is 0 Å². The standard InChI is InChI=1S/C14H19NS/c1-3-10-16-11-9-15-12-13(2)14-7-5-4-6-8-14/h1,4-8,13,15H,9-12H2,2H3. The highest BCUT2D eigenvalue weighted by atomic mass is 32.2. The van der Waals surface area contributed by atoms with Crippen molar-refractivity contribution in [3.8, 4) is 12.3 Å². The van der Waals surface area contributed by atoms with Crippen LogP contribution in [0.25, 0.3) is 0 Å². The number of terminal acetylenes is 1. The molecule has 0 fully saturated rings. The van der Waals surface area contributed by atoms with Gasteiger partial charge in [0.05, 0.1) is 5.75 Å². The number of nitrogens with one attached hydrogen (secondary N) is 1. The van der Waals surface area contributed by atoms with Crippen LogP contribution in [-0.2, 0) is 0 Å². The summed E-state index contributed by atoms with van der Waals surface area (Å²) in [5.74, 6) is 5.10. The summed E-state index contributed by atoms with van der Waals surface area (Å²) in [5.41, 5.74) is 1.39. The predicted molar refractivity (Wildman–Crippen MR) is 73.9 cm³/mol. The van der Waals surface area contributed by atoms with Gasteiger partial charge in [-0.15, -0.1) is 18.2 Å². The molecule has 1 unspecified atom stereocenters. The molecule has 0 bridgehead atoms. The topological polar surface area (TPSA) is 12.0 Å². The Morgan fingerprint density at radius 1 is 1.38 bits per heavy atom. The number of hydrogen-bond acceptors (Lipinski definition) is 2. The van der Waals surface area contributed by atoms with E-state index >= 15 is 0 Å². The molecule has 0 spiro atoms. The van der Waals surface area contributed by atoms with Crippen molar-refractivity contribution in [3.05, 3.63) is 35.9 Å². The Bertz CT molecular complexity index is 315. The quantitative estimate of drug-likeness (QED) is 0.574. The third-order valence-electron chi connectivity index (χ3n) is 2.43. The minimum Gasteiger partial charge on any atom is -0.315 e. The Labute approximate surface area is 103 Å². The Morgan fingerprint density at radius 2 is 2.12 bits per heavy atom. The number of thioether (sulfide) groups is 1. The highest BCUT2D eigenvalue weighted by Crippen LogP contribution is 2.12. The van der Waals surface area contributed by atoms with Crippen molar-refractivity contribution in [1.82, 2.24) is 5.32 Å². The molecule has 1 nitrogen and oxygen atoms in total. The second kappa shape index (κ2) is 8.27. The first-order valence-corrected chi connectivity index (χ1v) is 6.77. The van der Waals surface area contributed by atoms with Gasteiger partial charge in [0.15, 0.2) is 0 Å². The van der Waals surface area contributed by atoms with E-state index < -0.39 is 0 Å². The molecule has 1 aromatic rings. The molecule has 0 aliphatic carbocycles. The van der Waals surface area contributed by atoms with E-state index in [4.69, 9.17) is 6.42 Å². The third-order valence-corrected chi connectivity index (χ3v) is 3.29. The van der Waals surface area contributed by atoms with E-state index in [1.54, 1.807) is 11.8 Å². The van der Waals surface area contributed by atoms with Gasteiger partial charge in [-0.2, -0.15) is 0 Å². The summed E-state index contributed by atoms with van der Waals surface area (Å²) in [7, 11) is 0. The summed E-state index contributed by atoms with van der Waals surface area (Å²) in [6.07, 6.45) is 5.18. The molecule has 0 aliphatic rings. The minimum atomic E-state index is 0.568. The van der Waals surface area contributed by atoms with Gasteiger partial charge in [-0.05, 0) is 11.5 Å². The fourth-order valence-electron chi connectivity index (χ4n) is 1.49. The summed E-state index contributed by atoms with van der Waals surface area (Å²) in [6, 6.07) is 10.6. The second-order valence-corrected chi connectivity index (χ2v) is 4.88. The Morgan fingerprint density at radius 3 is 2.81 bits per heavy atom. The van der Waals surface area contributed by atoms with Crippen LogP contribution in [0.15, 0.2) is 30.3 Å². The van der Waals surface area contributed by atoms with Crippen LogP contribution in [0.4, 0.5) is 0 Å². The molecule has 1 atom stereocenters. The van der Waals surface area contributed by atoms with Gasteiger partial charge in [0.1, 0.15) is 0 Å². The minimum absolute atomic E-state index is 0.568. The van der Waals surface area contributed by atoms with E-state index in [1.165, 1.54) is 5.56 Å². The molecule has 1 aromatic carbocycles. The molecule has 86 valence electrons. The van der Waals surface area contributed by atoms with Gasteiger partial charge in [0.25, 0.3) is 0 Å². The smallest absolute Gasteiger partial charge is 0.0545 e. The van der Waals surface area contributed by atoms with Gasteiger partial charge >= 0.3 is 0 Å². The van der Waals surface area contributed by atoms with Crippen LogP contribution in [-0.4, -0.2) is 24.6 Å². The van der Waals surface area contributed by atoms with Gasteiger partial charge in [0, 0.05) is 18.8 Å². The lowest BCUT2D eigenvalue weighted by Crippen LogP contribution is -2.22. The first-order chi connectivity index (χ1) is 7.84. The maximum Gasteiger partial charge on any atom is 0.0545 e. The Kier molecular flexibility index (Phi) is 6.80. The molecule has 0 saturated carbocycles. The lowest BCUT2D eigenvalue weighted by molar-refractivity contribution is 0.638. The van der Waals surface area contributed by atoms with Gasteiger partial charge < -0.3 is 5.32 Å². The normalized spacial score (nSPS) is 12.0. The Balaban J connectivity index is 2.12. The van der Waals surface area contributed by atoms with Crippen molar-refractivity contribution in [2.75, 3.05) is 24.6 Å². The lowest BCUT2D eigenvalue weighted by Gasteiger charge is -2.12. The SMILES string of the molecule is C#CCSCCNCC(C)c1ccccc1. The molecule has 0 saturated heterocycles.